The van der Waals surface area contributed by atoms with Gasteiger partial charge in [-0.3, -0.25) is 4.90 Å². The number of methoxy groups -OCH3 is 1. The number of hydrogen-bond acceptors (Lipinski definition) is 4. The van der Waals surface area contributed by atoms with Crippen molar-refractivity contribution < 1.29 is 9.47 Å². The van der Waals surface area contributed by atoms with Crippen LogP contribution in [0.5, 0.6) is 11.5 Å². The lowest BCUT2D eigenvalue weighted by molar-refractivity contribution is 0.236. The fourth-order valence-corrected chi connectivity index (χ4v) is 4.76. The first-order valence-corrected chi connectivity index (χ1v) is 10.8. The van der Waals surface area contributed by atoms with Gasteiger partial charge in [0.05, 0.1) is 7.11 Å². The van der Waals surface area contributed by atoms with Crippen LogP contribution in [0.3, 0.4) is 0 Å². The average Bonchev–Trinajstić information content (AvgIpc) is 3.44. The van der Waals surface area contributed by atoms with Crippen molar-refractivity contribution in [2.24, 2.45) is 0 Å². The second-order valence-corrected chi connectivity index (χ2v) is 8.14. The van der Waals surface area contributed by atoms with Gasteiger partial charge < -0.3 is 9.47 Å². The van der Waals surface area contributed by atoms with E-state index in [4.69, 9.17) is 9.47 Å². The van der Waals surface area contributed by atoms with Crippen molar-refractivity contribution in [3.63, 3.8) is 0 Å². The topological polar surface area (TPSA) is 21.7 Å². The third kappa shape index (κ3) is 4.40. The fourth-order valence-electron chi connectivity index (χ4n) is 3.89. The second-order valence-electron chi connectivity index (χ2n) is 7.16. The predicted molar refractivity (Wildman–Crippen MR) is 116 cm³/mol. The number of nitrogens with zero attached hydrogens (tertiary/aromatic N) is 1. The molecular formula is C24H27NO2S. The summed E-state index contributed by atoms with van der Waals surface area (Å²) in [5, 5.41) is 2.14. The normalized spacial score (nSPS) is 15.5. The molecule has 3 aromatic rings. The van der Waals surface area contributed by atoms with Crippen molar-refractivity contribution in [2.75, 3.05) is 33.4 Å². The highest BCUT2D eigenvalue weighted by molar-refractivity contribution is 7.10. The van der Waals surface area contributed by atoms with E-state index in [-0.39, 0.29) is 5.92 Å². The number of likely N-dealkylation sites (tertiary alicyclic amines) is 1. The highest BCUT2D eigenvalue weighted by Crippen LogP contribution is 2.39. The maximum atomic E-state index is 6.28. The predicted octanol–water partition coefficient (Wildman–Crippen LogP) is 5.41. The maximum Gasteiger partial charge on any atom is 0.123 e. The van der Waals surface area contributed by atoms with E-state index < -0.39 is 0 Å². The Morgan fingerprint density at radius 1 is 0.964 bits per heavy atom. The van der Waals surface area contributed by atoms with Gasteiger partial charge in [-0.2, -0.15) is 0 Å². The van der Waals surface area contributed by atoms with Crippen molar-refractivity contribution in [2.45, 2.75) is 18.8 Å². The first kappa shape index (κ1) is 19.0. The molecule has 0 aliphatic carbocycles. The minimum Gasteiger partial charge on any atom is -0.497 e. The van der Waals surface area contributed by atoms with Crippen molar-refractivity contribution in [3.8, 4) is 11.5 Å². The van der Waals surface area contributed by atoms with Crippen LogP contribution in [-0.2, 0) is 0 Å². The van der Waals surface area contributed by atoms with Crippen molar-refractivity contribution in [1.82, 2.24) is 4.90 Å². The fraction of sp³-hybridized carbons (Fsp3) is 0.333. The van der Waals surface area contributed by atoms with Gasteiger partial charge in [0.25, 0.3) is 0 Å². The summed E-state index contributed by atoms with van der Waals surface area (Å²) in [6.45, 7) is 4.14. The molecule has 2 heterocycles. The van der Waals surface area contributed by atoms with E-state index in [1.165, 1.54) is 41.9 Å². The summed E-state index contributed by atoms with van der Waals surface area (Å²) in [5.41, 5.74) is 2.47. The molecule has 1 saturated heterocycles. The van der Waals surface area contributed by atoms with Crippen LogP contribution in [-0.4, -0.2) is 38.3 Å². The second kappa shape index (κ2) is 9.26. The molecule has 1 aromatic heterocycles. The van der Waals surface area contributed by atoms with E-state index in [2.05, 4.69) is 58.8 Å². The standard InChI is InChI=1S/C24H27NO2S/c1-26-20-12-10-19(11-13-20)24(23-9-6-18-28-23)21-7-2-3-8-22(21)27-17-16-25-14-4-5-15-25/h2-3,6-13,18,24H,4-5,14-17H2,1H3. The number of rotatable bonds is 8. The lowest BCUT2D eigenvalue weighted by atomic mass is 9.89. The first-order valence-electron chi connectivity index (χ1n) is 9.96. The highest BCUT2D eigenvalue weighted by atomic mass is 32.1. The largest absolute Gasteiger partial charge is 0.497 e. The third-order valence-corrected chi connectivity index (χ3v) is 6.31. The lowest BCUT2D eigenvalue weighted by Gasteiger charge is -2.22. The van der Waals surface area contributed by atoms with Crippen LogP contribution in [0.1, 0.15) is 34.8 Å². The molecule has 4 heteroatoms. The van der Waals surface area contributed by atoms with Crippen molar-refractivity contribution in [3.05, 3.63) is 82.0 Å². The Kier molecular flexibility index (Phi) is 6.30. The summed E-state index contributed by atoms with van der Waals surface area (Å²) in [7, 11) is 1.70. The van der Waals surface area contributed by atoms with Gasteiger partial charge in [-0.25, -0.2) is 0 Å². The zero-order valence-electron chi connectivity index (χ0n) is 16.3. The summed E-state index contributed by atoms with van der Waals surface area (Å²) < 4.78 is 11.6. The van der Waals surface area contributed by atoms with E-state index in [0.29, 0.717) is 0 Å². The highest BCUT2D eigenvalue weighted by Gasteiger charge is 2.22. The minimum absolute atomic E-state index is 0.161. The molecule has 0 N–H and O–H groups in total. The zero-order valence-corrected chi connectivity index (χ0v) is 17.2. The van der Waals surface area contributed by atoms with Crippen molar-refractivity contribution >= 4 is 11.3 Å². The number of benzene rings is 2. The van der Waals surface area contributed by atoms with E-state index in [1.807, 2.05) is 12.1 Å². The SMILES string of the molecule is COc1ccc(C(c2cccs2)c2ccccc2OCCN2CCCC2)cc1. The molecule has 4 rings (SSSR count). The molecule has 0 amide bonds. The first-order chi connectivity index (χ1) is 13.8. The molecule has 3 nitrogen and oxygen atoms in total. The average molecular weight is 394 g/mol. The number of para-hydroxylation sites is 1. The van der Waals surface area contributed by atoms with Gasteiger partial charge in [-0.15, -0.1) is 11.3 Å². The Bertz CT molecular complexity index is 855. The van der Waals surface area contributed by atoms with Crippen LogP contribution in [0.25, 0.3) is 0 Å². The molecule has 0 saturated carbocycles. The molecule has 146 valence electrons. The molecule has 1 unspecified atom stereocenters. The van der Waals surface area contributed by atoms with Gasteiger partial charge in [0.15, 0.2) is 0 Å². The minimum atomic E-state index is 0.161. The summed E-state index contributed by atoms with van der Waals surface area (Å²) in [5.74, 6) is 2.02. The van der Waals surface area contributed by atoms with E-state index >= 15 is 0 Å². The molecule has 2 aromatic carbocycles. The van der Waals surface area contributed by atoms with Gasteiger partial charge in [0, 0.05) is 22.9 Å². The summed E-state index contributed by atoms with van der Waals surface area (Å²) in [6.07, 6.45) is 2.63. The van der Waals surface area contributed by atoms with Gasteiger partial charge >= 0.3 is 0 Å². The number of ether oxygens (including phenoxy) is 2. The monoisotopic (exact) mass is 393 g/mol. The van der Waals surface area contributed by atoms with Crippen LogP contribution in [0.15, 0.2) is 66.0 Å². The Morgan fingerprint density at radius 3 is 2.46 bits per heavy atom. The molecular weight excluding hydrogens is 366 g/mol. The van der Waals surface area contributed by atoms with Crippen LogP contribution in [0.2, 0.25) is 0 Å². The van der Waals surface area contributed by atoms with E-state index in [1.54, 1.807) is 18.4 Å². The third-order valence-electron chi connectivity index (χ3n) is 5.37. The van der Waals surface area contributed by atoms with Gasteiger partial charge in [-0.05, 0) is 61.1 Å². The smallest absolute Gasteiger partial charge is 0.123 e. The number of thiophene rings is 1. The van der Waals surface area contributed by atoms with Crippen LogP contribution >= 0.6 is 11.3 Å². The molecule has 0 spiro atoms. The molecule has 0 bridgehead atoms. The van der Waals surface area contributed by atoms with Crippen molar-refractivity contribution in [1.29, 1.82) is 0 Å². The zero-order chi connectivity index (χ0) is 19.2. The molecule has 1 aliphatic heterocycles. The molecule has 1 fully saturated rings. The maximum absolute atomic E-state index is 6.28. The Labute approximate surface area is 171 Å². The Hall–Kier alpha value is -2.30. The summed E-state index contributed by atoms with van der Waals surface area (Å²) in [6, 6.07) is 21.2. The molecule has 0 radical (unpaired) electrons. The van der Waals surface area contributed by atoms with Crippen LogP contribution < -0.4 is 9.47 Å². The van der Waals surface area contributed by atoms with Crippen LogP contribution in [0, 0.1) is 0 Å². The van der Waals surface area contributed by atoms with Gasteiger partial charge in [-0.1, -0.05) is 36.4 Å². The van der Waals surface area contributed by atoms with Gasteiger partial charge in [0.2, 0.25) is 0 Å². The molecule has 28 heavy (non-hydrogen) atoms. The summed E-state index contributed by atoms with van der Waals surface area (Å²) in [4.78, 5) is 3.81. The Balaban J connectivity index is 1.60. The molecule has 1 atom stereocenters. The van der Waals surface area contributed by atoms with E-state index in [0.717, 1.165) is 24.7 Å². The quantitative estimate of drug-likeness (QED) is 0.511. The van der Waals surface area contributed by atoms with Gasteiger partial charge in [0.1, 0.15) is 18.1 Å². The molecule has 1 aliphatic rings. The summed E-state index contributed by atoms with van der Waals surface area (Å²) >= 11 is 1.79. The van der Waals surface area contributed by atoms with E-state index in [9.17, 15) is 0 Å². The Morgan fingerprint density at radius 2 is 1.75 bits per heavy atom. The lowest BCUT2D eigenvalue weighted by Crippen LogP contribution is -2.25. The van der Waals surface area contributed by atoms with Crippen LogP contribution in [0.4, 0.5) is 0 Å². The number of hydrogen-bond donors (Lipinski definition) is 0.